The van der Waals surface area contributed by atoms with Gasteiger partial charge in [0.1, 0.15) is 0 Å². The van der Waals surface area contributed by atoms with E-state index in [0.29, 0.717) is 21.3 Å². The summed E-state index contributed by atoms with van der Waals surface area (Å²) in [6.07, 6.45) is 0. The number of aryl methyl sites for hydroxylation is 1. The van der Waals surface area contributed by atoms with Crippen LogP contribution in [0.4, 0.5) is 5.13 Å². The van der Waals surface area contributed by atoms with Crippen LogP contribution in [-0.4, -0.2) is 13.4 Å². The van der Waals surface area contributed by atoms with E-state index < -0.39 is 10.0 Å². The third-order valence-electron chi connectivity index (χ3n) is 3.23. The number of halogens is 2. The Kier molecular flexibility index (Phi) is 4.83. The molecule has 3 aromatic rings. The number of aromatic nitrogens is 1. The van der Waals surface area contributed by atoms with Crippen LogP contribution in [0.25, 0.3) is 11.3 Å². The Bertz CT molecular complexity index is 1000. The fourth-order valence-electron chi connectivity index (χ4n) is 2.10. The molecule has 0 bridgehead atoms. The van der Waals surface area contributed by atoms with Crippen molar-refractivity contribution in [2.24, 2.45) is 0 Å². The molecule has 0 atom stereocenters. The smallest absolute Gasteiger partial charge is 0.255 e. The van der Waals surface area contributed by atoms with Gasteiger partial charge in [-0.25, -0.2) is 13.4 Å². The number of benzene rings is 2. The first-order chi connectivity index (χ1) is 11.3. The summed E-state index contributed by atoms with van der Waals surface area (Å²) in [6.45, 7) is 1.84. The summed E-state index contributed by atoms with van der Waals surface area (Å²) in [5.41, 5.74) is 2.15. The highest BCUT2D eigenvalue weighted by atomic mass is 35.5. The standard InChI is InChI=1S/C16H12Cl2N2O2S2/c1-10-3-2-4-12(7-10)24(21,22)20-16-19-15(9-23-16)13-6-5-11(17)8-14(13)18/h2-9H,1H3,(H,19,20). The van der Waals surface area contributed by atoms with E-state index in [4.69, 9.17) is 23.2 Å². The average Bonchev–Trinajstić information content (AvgIpc) is 2.94. The lowest BCUT2D eigenvalue weighted by atomic mass is 10.2. The molecule has 1 aromatic heterocycles. The molecular weight excluding hydrogens is 387 g/mol. The maximum absolute atomic E-state index is 12.4. The zero-order valence-corrected chi connectivity index (χ0v) is 15.6. The molecule has 0 aliphatic rings. The molecule has 1 heterocycles. The largest absolute Gasteiger partial charge is 0.263 e. The van der Waals surface area contributed by atoms with Gasteiger partial charge in [-0.3, -0.25) is 4.72 Å². The summed E-state index contributed by atoms with van der Waals surface area (Å²) in [7, 11) is -3.68. The maximum atomic E-state index is 12.4. The molecule has 0 aliphatic heterocycles. The lowest BCUT2D eigenvalue weighted by Gasteiger charge is -2.06. The predicted molar refractivity (Wildman–Crippen MR) is 99.6 cm³/mol. The first-order valence-corrected chi connectivity index (χ1v) is 9.97. The highest BCUT2D eigenvalue weighted by Crippen LogP contribution is 2.33. The third kappa shape index (κ3) is 3.72. The lowest BCUT2D eigenvalue weighted by molar-refractivity contribution is 0.601. The highest BCUT2D eigenvalue weighted by molar-refractivity contribution is 7.93. The fourth-order valence-corrected chi connectivity index (χ4v) is 4.67. The Morgan fingerprint density at radius 2 is 1.92 bits per heavy atom. The number of sulfonamides is 1. The number of hydrogen-bond acceptors (Lipinski definition) is 4. The van der Waals surface area contributed by atoms with Gasteiger partial charge in [-0.05, 0) is 42.8 Å². The van der Waals surface area contributed by atoms with Crippen molar-refractivity contribution in [3.8, 4) is 11.3 Å². The molecule has 0 amide bonds. The molecule has 0 aliphatic carbocycles. The van der Waals surface area contributed by atoms with Gasteiger partial charge in [-0.1, -0.05) is 35.3 Å². The molecular formula is C16H12Cl2N2O2S2. The summed E-state index contributed by atoms with van der Waals surface area (Å²) >= 11 is 13.2. The minimum Gasteiger partial charge on any atom is -0.255 e. The third-order valence-corrected chi connectivity index (χ3v) is 6.00. The molecule has 0 saturated heterocycles. The summed E-state index contributed by atoms with van der Waals surface area (Å²) < 4.78 is 27.3. The van der Waals surface area contributed by atoms with Gasteiger partial charge in [-0.15, -0.1) is 11.3 Å². The first-order valence-electron chi connectivity index (χ1n) is 6.85. The summed E-state index contributed by atoms with van der Waals surface area (Å²) in [6, 6.07) is 11.8. The van der Waals surface area contributed by atoms with E-state index >= 15 is 0 Å². The van der Waals surface area contributed by atoms with Crippen molar-refractivity contribution in [2.45, 2.75) is 11.8 Å². The summed E-state index contributed by atoms with van der Waals surface area (Å²) in [4.78, 5) is 4.50. The van der Waals surface area contributed by atoms with E-state index in [0.717, 1.165) is 5.56 Å². The molecule has 0 radical (unpaired) electrons. The Labute approximate surface area is 154 Å². The topological polar surface area (TPSA) is 59.1 Å². The normalized spacial score (nSPS) is 11.5. The molecule has 1 N–H and O–H groups in total. The van der Waals surface area contributed by atoms with Gasteiger partial charge in [0.15, 0.2) is 5.13 Å². The van der Waals surface area contributed by atoms with Crippen molar-refractivity contribution in [1.82, 2.24) is 4.98 Å². The molecule has 8 heteroatoms. The molecule has 24 heavy (non-hydrogen) atoms. The summed E-state index contributed by atoms with van der Waals surface area (Å²) in [5.74, 6) is 0. The second-order valence-corrected chi connectivity index (χ2v) is 8.47. The first kappa shape index (κ1) is 17.2. The van der Waals surface area contributed by atoms with Crippen LogP contribution in [0.3, 0.4) is 0 Å². The molecule has 0 fully saturated rings. The molecule has 4 nitrogen and oxygen atoms in total. The van der Waals surface area contributed by atoms with Gasteiger partial charge in [0.05, 0.1) is 15.6 Å². The number of anilines is 1. The predicted octanol–water partition coefficient (Wildman–Crippen LogP) is 5.23. The molecule has 0 saturated carbocycles. The minimum absolute atomic E-state index is 0.198. The fraction of sp³-hybridized carbons (Fsp3) is 0.0625. The number of rotatable bonds is 4. The number of nitrogens with one attached hydrogen (secondary N) is 1. The van der Waals surface area contributed by atoms with Crippen molar-refractivity contribution in [2.75, 3.05) is 4.72 Å². The van der Waals surface area contributed by atoms with Crippen molar-refractivity contribution in [1.29, 1.82) is 0 Å². The van der Waals surface area contributed by atoms with Crippen LogP contribution in [-0.2, 0) is 10.0 Å². The van der Waals surface area contributed by atoms with E-state index in [1.54, 1.807) is 41.8 Å². The van der Waals surface area contributed by atoms with E-state index in [1.165, 1.54) is 11.3 Å². The lowest BCUT2D eigenvalue weighted by Crippen LogP contribution is -2.12. The minimum atomic E-state index is -3.68. The number of hydrogen-bond donors (Lipinski definition) is 1. The number of nitrogens with zero attached hydrogens (tertiary/aromatic N) is 1. The Balaban J connectivity index is 1.88. The van der Waals surface area contributed by atoms with Crippen LogP contribution >= 0.6 is 34.5 Å². The van der Waals surface area contributed by atoms with Gasteiger partial charge in [0, 0.05) is 16.0 Å². The van der Waals surface area contributed by atoms with Gasteiger partial charge in [-0.2, -0.15) is 0 Å². The van der Waals surface area contributed by atoms with Gasteiger partial charge < -0.3 is 0 Å². The maximum Gasteiger partial charge on any atom is 0.263 e. The molecule has 3 rings (SSSR count). The van der Waals surface area contributed by atoms with Gasteiger partial charge >= 0.3 is 0 Å². The van der Waals surface area contributed by atoms with Crippen LogP contribution in [0.1, 0.15) is 5.56 Å². The monoisotopic (exact) mass is 398 g/mol. The second kappa shape index (κ2) is 6.72. The summed E-state index contributed by atoms with van der Waals surface area (Å²) in [5, 5.41) is 3.00. The molecule has 0 spiro atoms. The number of thiazole rings is 1. The van der Waals surface area contributed by atoms with Crippen LogP contribution in [0.15, 0.2) is 52.7 Å². The average molecular weight is 399 g/mol. The van der Waals surface area contributed by atoms with E-state index in [9.17, 15) is 8.42 Å². The van der Waals surface area contributed by atoms with E-state index in [-0.39, 0.29) is 10.0 Å². The molecule has 124 valence electrons. The van der Waals surface area contributed by atoms with Crippen molar-refractivity contribution in [3.05, 3.63) is 63.5 Å². The Morgan fingerprint density at radius 3 is 2.62 bits per heavy atom. The zero-order valence-electron chi connectivity index (χ0n) is 12.5. The SMILES string of the molecule is Cc1cccc(S(=O)(=O)Nc2nc(-c3ccc(Cl)cc3Cl)cs2)c1. The van der Waals surface area contributed by atoms with Crippen LogP contribution in [0.2, 0.25) is 10.0 Å². The molecule has 0 unspecified atom stereocenters. The van der Waals surface area contributed by atoms with Gasteiger partial charge in [0.2, 0.25) is 0 Å². The Morgan fingerprint density at radius 1 is 1.12 bits per heavy atom. The van der Waals surface area contributed by atoms with E-state index in [1.807, 2.05) is 13.0 Å². The Hall–Kier alpha value is -1.60. The van der Waals surface area contributed by atoms with Crippen LogP contribution < -0.4 is 4.72 Å². The quantitative estimate of drug-likeness (QED) is 0.654. The van der Waals surface area contributed by atoms with E-state index in [2.05, 4.69) is 9.71 Å². The highest BCUT2D eigenvalue weighted by Gasteiger charge is 2.17. The van der Waals surface area contributed by atoms with Crippen molar-refractivity contribution in [3.63, 3.8) is 0 Å². The van der Waals surface area contributed by atoms with Gasteiger partial charge in [0.25, 0.3) is 10.0 Å². The zero-order chi connectivity index (χ0) is 17.3. The van der Waals surface area contributed by atoms with Crippen molar-refractivity contribution >= 4 is 49.7 Å². The molecule has 2 aromatic carbocycles. The van der Waals surface area contributed by atoms with Crippen LogP contribution in [0, 0.1) is 6.92 Å². The van der Waals surface area contributed by atoms with Crippen LogP contribution in [0.5, 0.6) is 0 Å². The second-order valence-electron chi connectivity index (χ2n) is 5.08. The van der Waals surface area contributed by atoms with Crippen molar-refractivity contribution < 1.29 is 8.42 Å².